The number of hydrogen-bond acceptors (Lipinski definition) is 4. The van der Waals surface area contributed by atoms with E-state index in [-0.39, 0.29) is 12.2 Å². The third-order valence-corrected chi connectivity index (χ3v) is 1.75. The predicted molar refractivity (Wildman–Crippen MR) is 56.8 cm³/mol. The van der Waals surface area contributed by atoms with E-state index in [1.165, 1.54) is 6.08 Å². The van der Waals surface area contributed by atoms with Crippen LogP contribution >= 0.6 is 0 Å². The minimum absolute atomic E-state index is 0.00647. The number of rotatable bonds is 3. The topological polar surface area (TPSA) is 80.6 Å². The summed E-state index contributed by atoms with van der Waals surface area (Å²) in [5.74, 6) is 0.479. The van der Waals surface area contributed by atoms with Crippen molar-refractivity contribution in [2.45, 2.75) is 0 Å². The van der Waals surface area contributed by atoms with Gasteiger partial charge < -0.3 is 4.74 Å². The van der Waals surface area contributed by atoms with Gasteiger partial charge in [-0.15, -0.1) is 0 Å². The summed E-state index contributed by atoms with van der Waals surface area (Å²) < 4.78 is 5.15. The molecular formula is C12H7N3O. The number of hydrogen-bond donors (Lipinski definition) is 0. The van der Waals surface area contributed by atoms with Gasteiger partial charge in [0, 0.05) is 5.56 Å². The molecule has 0 spiro atoms. The minimum atomic E-state index is -0.0701. The van der Waals surface area contributed by atoms with Gasteiger partial charge in [-0.25, -0.2) is 0 Å². The Kier molecular flexibility index (Phi) is 4.14. The Morgan fingerprint density at radius 1 is 1.19 bits per heavy atom. The molecule has 0 aliphatic rings. The molecule has 16 heavy (non-hydrogen) atoms. The van der Waals surface area contributed by atoms with Gasteiger partial charge in [-0.05, 0) is 12.1 Å². The maximum atomic E-state index is 8.62. The van der Waals surface area contributed by atoms with Gasteiger partial charge in [0.15, 0.2) is 6.61 Å². The normalized spacial score (nSPS) is 8.06. The summed E-state index contributed by atoms with van der Waals surface area (Å²) in [6.45, 7) is -0.0701. The van der Waals surface area contributed by atoms with E-state index in [9.17, 15) is 0 Å². The zero-order valence-electron chi connectivity index (χ0n) is 8.34. The van der Waals surface area contributed by atoms with Crippen molar-refractivity contribution in [3.63, 3.8) is 0 Å². The van der Waals surface area contributed by atoms with Crippen LogP contribution in [0.1, 0.15) is 5.56 Å². The minimum Gasteiger partial charge on any atom is -0.478 e. The van der Waals surface area contributed by atoms with E-state index in [4.69, 9.17) is 20.5 Å². The number of nitrogens with zero attached hydrogens (tertiary/aromatic N) is 3. The zero-order chi connectivity index (χ0) is 11.8. The summed E-state index contributed by atoms with van der Waals surface area (Å²) in [5.41, 5.74) is 0.601. The molecule has 0 aliphatic heterocycles. The van der Waals surface area contributed by atoms with E-state index < -0.39 is 0 Å². The highest BCUT2D eigenvalue weighted by atomic mass is 16.5. The highest BCUT2D eigenvalue weighted by Crippen LogP contribution is 2.20. The molecule has 4 heteroatoms. The second kappa shape index (κ2) is 5.86. The van der Waals surface area contributed by atoms with Crippen molar-refractivity contribution in [2.24, 2.45) is 0 Å². The Bertz CT molecular complexity index is 510. The Labute approximate surface area is 93.2 Å². The first-order valence-electron chi connectivity index (χ1n) is 4.42. The highest BCUT2D eigenvalue weighted by Gasteiger charge is 2.01. The third-order valence-electron chi connectivity index (χ3n) is 1.75. The fourth-order valence-corrected chi connectivity index (χ4v) is 1.09. The van der Waals surface area contributed by atoms with E-state index in [0.29, 0.717) is 11.3 Å². The molecule has 0 aromatic heterocycles. The summed E-state index contributed by atoms with van der Waals surface area (Å²) in [4.78, 5) is 0. The SMILES string of the molecule is N#CCOc1ccccc1C=C(C#N)C#N. The molecule has 0 atom stereocenters. The van der Waals surface area contributed by atoms with Crippen molar-refractivity contribution in [1.29, 1.82) is 15.8 Å². The van der Waals surface area contributed by atoms with Crippen LogP contribution in [-0.4, -0.2) is 6.61 Å². The first kappa shape index (κ1) is 11.3. The smallest absolute Gasteiger partial charge is 0.174 e. The second-order valence-electron chi connectivity index (χ2n) is 2.77. The lowest BCUT2D eigenvalue weighted by molar-refractivity contribution is 0.367. The lowest BCUT2D eigenvalue weighted by Gasteiger charge is -2.04. The monoisotopic (exact) mass is 209 g/mol. The maximum Gasteiger partial charge on any atom is 0.174 e. The van der Waals surface area contributed by atoms with Crippen LogP contribution in [0.15, 0.2) is 29.8 Å². The molecule has 1 rings (SSSR count). The third kappa shape index (κ3) is 2.87. The van der Waals surface area contributed by atoms with Gasteiger partial charge >= 0.3 is 0 Å². The summed E-state index contributed by atoms with van der Waals surface area (Å²) in [5, 5.41) is 25.6. The van der Waals surface area contributed by atoms with Crippen molar-refractivity contribution in [2.75, 3.05) is 6.61 Å². The van der Waals surface area contributed by atoms with Crippen LogP contribution in [-0.2, 0) is 0 Å². The van der Waals surface area contributed by atoms with Gasteiger partial charge in [-0.1, -0.05) is 18.2 Å². The Morgan fingerprint density at radius 3 is 2.50 bits per heavy atom. The molecule has 0 unspecified atom stereocenters. The average Bonchev–Trinajstić information content (AvgIpc) is 2.34. The van der Waals surface area contributed by atoms with Crippen LogP contribution in [0.3, 0.4) is 0 Å². The summed E-state index contributed by atoms with van der Waals surface area (Å²) in [6.07, 6.45) is 1.42. The van der Waals surface area contributed by atoms with Crippen LogP contribution in [0.2, 0.25) is 0 Å². The van der Waals surface area contributed by atoms with E-state index >= 15 is 0 Å². The largest absolute Gasteiger partial charge is 0.478 e. The fraction of sp³-hybridized carbons (Fsp3) is 0.0833. The van der Waals surface area contributed by atoms with Crippen LogP contribution in [0.4, 0.5) is 0 Å². The van der Waals surface area contributed by atoms with Crippen molar-refractivity contribution < 1.29 is 4.74 Å². The number of ether oxygens (including phenoxy) is 1. The molecule has 1 aromatic rings. The standard InChI is InChI=1S/C12H7N3O/c13-5-6-16-12-4-2-1-3-11(12)7-10(8-14)9-15/h1-4,7H,6H2. The van der Waals surface area contributed by atoms with Crippen LogP contribution in [0.25, 0.3) is 6.08 Å². The van der Waals surface area contributed by atoms with E-state index in [0.717, 1.165) is 0 Å². The summed E-state index contributed by atoms with van der Waals surface area (Å²) in [6, 6.07) is 12.3. The Morgan fingerprint density at radius 2 is 1.88 bits per heavy atom. The van der Waals surface area contributed by atoms with Crippen LogP contribution in [0.5, 0.6) is 5.75 Å². The number of nitriles is 3. The molecule has 0 saturated carbocycles. The van der Waals surface area contributed by atoms with Gasteiger partial charge in [0.2, 0.25) is 0 Å². The molecule has 0 bridgehead atoms. The lowest BCUT2D eigenvalue weighted by Crippen LogP contribution is -1.95. The first-order chi connectivity index (χ1) is 7.81. The van der Waals surface area contributed by atoms with Crippen molar-refractivity contribution >= 4 is 6.08 Å². The second-order valence-corrected chi connectivity index (χ2v) is 2.77. The van der Waals surface area contributed by atoms with Crippen molar-refractivity contribution in [3.05, 3.63) is 35.4 Å². The number of allylic oxidation sites excluding steroid dienone is 1. The van der Waals surface area contributed by atoms with Gasteiger partial charge in [-0.3, -0.25) is 0 Å². The average molecular weight is 209 g/mol. The van der Waals surface area contributed by atoms with Gasteiger partial charge in [0.05, 0.1) is 0 Å². The van der Waals surface area contributed by atoms with Crippen LogP contribution < -0.4 is 4.74 Å². The van der Waals surface area contributed by atoms with E-state index in [1.54, 1.807) is 36.4 Å². The molecule has 0 heterocycles. The van der Waals surface area contributed by atoms with Gasteiger partial charge in [0.25, 0.3) is 0 Å². The highest BCUT2D eigenvalue weighted by molar-refractivity contribution is 5.66. The molecule has 4 nitrogen and oxygen atoms in total. The Balaban J connectivity index is 3.06. The number of para-hydroxylation sites is 1. The molecule has 0 fully saturated rings. The van der Waals surface area contributed by atoms with Gasteiger partial charge in [-0.2, -0.15) is 15.8 Å². The first-order valence-corrected chi connectivity index (χ1v) is 4.42. The molecule has 0 radical (unpaired) electrons. The summed E-state index contributed by atoms with van der Waals surface area (Å²) >= 11 is 0. The van der Waals surface area contributed by atoms with E-state index in [1.807, 2.05) is 6.07 Å². The molecular weight excluding hydrogens is 202 g/mol. The summed E-state index contributed by atoms with van der Waals surface area (Å²) in [7, 11) is 0. The molecule has 0 amide bonds. The quantitative estimate of drug-likeness (QED) is 0.713. The fourth-order valence-electron chi connectivity index (χ4n) is 1.09. The molecule has 1 aromatic carbocycles. The maximum absolute atomic E-state index is 8.62. The molecule has 0 saturated heterocycles. The predicted octanol–water partition coefficient (Wildman–Crippen LogP) is 2.02. The lowest BCUT2D eigenvalue weighted by atomic mass is 10.1. The van der Waals surface area contributed by atoms with Crippen LogP contribution in [0, 0.1) is 34.0 Å². The van der Waals surface area contributed by atoms with Crippen molar-refractivity contribution in [3.8, 4) is 24.0 Å². The zero-order valence-corrected chi connectivity index (χ0v) is 8.34. The van der Waals surface area contributed by atoms with Gasteiger partial charge in [0.1, 0.15) is 29.5 Å². The van der Waals surface area contributed by atoms with E-state index in [2.05, 4.69) is 0 Å². The number of benzene rings is 1. The Hall–Kier alpha value is -2.77. The molecule has 0 N–H and O–H groups in total. The molecule has 76 valence electrons. The molecule has 0 aliphatic carbocycles. The van der Waals surface area contributed by atoms with Crippen molar-refractivity contribution in [1.82, 2.24) is 0 Å².